The Labute approximate surface area is 719 Å². The molecule has 36 heteroatoms. The number of esters is 5. The summed E-state index contributed by atoms with van der Waals surface area (Å²) in [5, 5.41) is 30.7. The Morgan fingerprint density at radius 1 is 0.500 bits per heavy atom. The van der Waals surface area contributed by atoms with Crippen molar-refractivity contribution in [2.24, 2.45) is 53.3 Å². The molecular weight excluding hydrogens is 1600 g/mol. The van der Waals surface area contributed by atoms with Gasteiger partial charge in [-0.2, -0.15) is 8.78 Å². The lowest BCUT2D eigenvalue weighted by Crippen LogP contribution is -2.60. The highest BCUT2D eigenvalue weighted by molar-refractivity contribution is 5.83. The number of alkyl halides is 2. The lowest BCUT2D eigenvalue weighted by atomic mass is 9.82. The quantitative estimate of drug-likeness (QED) is 0.0359. The Kier molecular flexibility index (Phi) is 45.6. The van der Waals surface area contributed by atoms with E-state index in [1.165, 1.54) is 55.4 Å². The smallest absolute Gasteiger partial charge is 0.321 e. The fourth-order valence-electron chi connectivity index (χ4n) is 14.1. The highest BCUT2D eigenvalue weighted by Gasteiger charge is 2.52. The summed E-state index contributed by atoms with van der Waals surface area (Å²) in [6, 6.07) is 6.06. The van der Waals surface area contributed by atoms with Crippen molar-refractivity contribution in [3.05, 3.63) is 30.5 Å². The molecule has 5 aliphatic rings. The molecule has 34 nitrogen and oxygen atoms in total. The van der Waals surface area contributed by atoms with Crippen LogP contribution in [0.15, 0.2) is 30.5 Å². The molecule has 7 rings (SSSR count). The van der Waals surface area contributed by atoms with Gasteiger partial charge in [0.1, 0.15) is 55.9 Å². The summed E-state index contributed by atoms with van der Waals surface area (Å²) >= 11 is 0. The minimum atomic E-state index is -3.49. The molecule has 4 amide bonds. The average Bonchev–Trinajstić information content (AvgIpc) is 1.14. The van der Waals surface area contributed by atoms with Gasteiger partial charge < -0.3 is 107 Å². The minimum Gasteiger partial charge on any atom is -0.497 e. The standard InChI is InChI=1S/C24H33N3O7.C16H27F2NO5.C16H29NO5.2C15H27NO5/c1-14(28)10-18-21(30)22(32-15(2)29)20(33-23(18)34-24(3,4)5)13-27-12-19(25-26-27)16-8-7-9-17(11-16)31-6;1-8(2)23-14-13(19-15(21)16(6,17)18)10(4)9(3)12(24-14)7-22-11(5)20;1-7-14(19)17-15-11(5)10(4)13(8-20-12(6)18)22-16(15)21-9(2)3;2*1-8(2)20-15-14(16-11(5)17)10(4)9(3)13(21-15)7-19-12(6)18/h7-9,11-12,18,20-23,30H,10,13H2,1-6H3;8-10,12-14H,7H2,1-6H3,(H,19,21);9-11,13,15-16H,7-8H2,1-6H3,(H,17,19);2*8-10,13-15H,7H2,1-6H3,(H,16,17)/t18-,20-,21?,22+,23?;9-,10+,12-,13-,14?;10-,11+,13-,15-,16?;2*9-,10+,13-,14-,15?/m11111/s1. The van der Waals surface area contributed by atoms with Crippen LogP contribution in [0, 0.1) is 53.3 Å². The maximum atomic E-state index is 13.2. The maximum Gasteiger partial charge on any atom is 0.321 e. The first-order valence-corrected chi connectivity index (χ1v) is 42.1. The minimum absolute atomic E-state index is 0.0235. The second kappa shape index (κ2) is 51.2. The average molecular weight is 1750 g/mol. The molecule has 5 saturated heterocycles. The molecule has 0 saturated carbocycles. The summed E-state index contributed by atoms with van der Waals surface area (Å²) < 4.78 is 118. The Bertz CT molecular complexity index is 3520. The number of rotatable bonds is 30. The van der Waals surface area contributed by atoms with Crippen molar-refractivity contribution in [2.75, 3.05) is 33.5 Å². The van der Waals surface area contributed by atoms with Crippen molar-refractivity contribution in [2.45, 2.75) is 354 Å². The number of aliphatic hydroxyl groups excluding tert-OH is 1. The Hall–Kier alpha value is -7.52. The number of hydrogen-bond donors (Lipinski definition) is 5. The lowest BCUT2D eigenvalue weighted by molar-refractivity contribution is -0.307. The number of ketones is 1. The van der Waals surface area contributed by atoms with Crippen LogP contribution in [0.3, 0.4) is 0 Å². The van der Waals surface area contributed by atoms with Gasteiger partial charge in [0.15, 0.2) is 37.6 Å². The normalized spacial score (nSPS) is 30.1. The van der Waals surface area contributed by atoms with E-state index in [2.05, 4.69) is 38.5 Å². The molecule has 698 valence electrons. The molecule has 6 heterocycles. The van der Waals surface area contributed by atoms with Gasteiger partial charge in [0.25, 0.3) is 5.91 Å². The number of Topliss-reactive ketones (excluding diaryl/α,β-unsaturated/α-hetero) is 1. The number of methoxy groups -OCH3 is 1. The van der Waals surface area contributed by atoms with Crippen molar-refractivity contribution in [3.63, 3.8) is 0 Å². The van der Waals surface area contributed by atoms with Crippen molar-refractivity contribution in [1.29, 1.82) is 0 Å². The van der Waals surface area contributed by atoms with Crippen LogP contribution in [0.5, 0.6) is 5.75 Å². The first kappa shape index (κ1) is 109. The number of aliphatic hydroxyl groups is 1. The highest BCUT2D eigenvalue weighted by Crippen LogP contribution is 2.39. The monoisotopic (exact) mass is 1740 g/mol. The van der Waals surface area contributed by atoms with Gasteiger partial charge in [0, 0.05) is 79.7 Å². The summed E-state index contributed by atoms with van der Waals surface area (Å²) in [4.78, 5) is 114. The number of aromatic nitrogens is 3. The lowest BCUT2D eigenvalue weighted by Gasteiger charge is -2.45. The van der Waals surface area contributed by atoms with Gasteiger partial charge in [0.2, 0.25) is 17.7 Å². The molecule has 0 spiro atoms. The Balaban J connectivity index is 0.000000400. The third-order valence-corrected chi connectivity index (χ3v) is 21.2. The number of hydrogen-bond acceptors (Lipinski definition) is 29. The first-order chi connectivity index (χ1) is 56.6. The molecule has 6 unspecified atom stereocenters. The molecule has 5 aliphatic heterocycles. The van der Waals surface area contributed by atoms with E-state index in [1.54, 1.807) is 31.8 Å². The fraction of sp³-hybridized carbons (Fsp3) is 0.791. The molecule has 5 fully saturated rings. The van der Waals surface area contributed by atoms with Crippen LogP contribution in [0.4, 0.5) is 8.78 Å². The zero-order chi connectivity index (χ0) is 92.9. The summed E-state index contributed by atoms with van der Waals surface area (Å²) in [5.74, 6) is -6.73. The van der Waals surface area contributed by atoms with Gasteiger partial charge in [-0.15, -0.1) is 5.10 Å². The number of carbonyl (C=O) groups is 10. The number of nitrogens with zero attached hydrogens (tertiary/aromatic N) is 3. The molecular formula is C86H143F2N7O27. The van der Waals surface area contributed by atoms with E-state index in [1.807, 2.05) is 142 Å². The van der Waals surface area contributed by atoms with Crippen LogP contribution in [0.2, 0.25) is 0 Å². The van der Waals surface area contributed by atoms with Crippen LogP contribution in [-0.4, -0.2) is 247 Å². The highest BCUT2D eigenvalue weighted by atomic mass is 19.3. The summed E-state index contributed by atoms with van der Waals surface area (Å²) in [5.41, 5.74) is 0.851. The second-order valence-electron chi connectivity index (χ2n) is 34.2. The molecule has 122 heavy (non-hydrogen) atoms. The topological polar surface area (TPSA) is 417 Å². The van der Waals surface area contributed by atoms with Crippen LogP contribution < -0.4 is 26.0 Å². The number of halogens is 2. The van der Waals surface area contributed by atoms with E-state index in [-0.39, 0.29) is 189 Å². The fourth-order valence-corrected chi connectivity index (χ4v) is 14.1. The van der Waals surface area contributed by atoms with E-state index in [4.69, 9.17) is 75.8 Å². The van der Waals surface area contributed by atoms with E-state index in [0.29, 0.717) is 24.8 Å². The molecule has 0 bridgehead atoms. The summed E-state index contributed by atoms with van der Waals surface area (Å²) in [6.45, 7) is 50.8. The van der Waals surface area contributed by atoms with Crippen LogP contribution in [0.1, 0.15) is 214 Å². The largest absolute Gasteiger partial charge is 0.497 e. The zero-order valence-electron chi connectivity index (χ0n) is 77.2. The molecule has 0 radical (unpaired) electrons. The number of nitrogens with one attached hydrogen (secondary N) is 4. The van der Waals surface area contributed by atoms with Crippen LogP contribution in [0.25, 0.3) is 11.3 Å². The SMILES string of the molecule is CC(=O)N[C@H]1C(OC(C)C)O[C@H](COC(C)=O)[C@H](C)[C@@H]1C.CC(=O)N[C@H]1C(OC(C)C)O[C@H](COC(C)=O)[C@H](C)[C@@H]1C.CC(=O)OC[C@H]1OC(OC(C)C)[C@H](NC(=O)C(C)(F)F)[C@@H](C)[C@H]1C.CCC(=O)N[C@H]1C(OC(C)C)O[C@H](COC(C)=O)[C@H](C)[C@@H]1C.COc1cccc(-c2cn(C[C@H]3OC(OC(C)(C)C)[C@H](CC(C)=O)C(O)[C@H]3OC(C)=O)nn2)c1. The third-order valence-electron chi connectivity index (χ3n) is 21.2. The third kappa shape index (κ3) is 37.0. The van der Waals surface area contributed by atoms with E-state index in [9.17, 15) is 61.8 Å². The van der Waals surface area contributed by atoms with E-state index < -0.39 is 97.2 Å². The van der Waals surface area contributed by atoms with Crippen molar-refractivity contribution < 1.29 is 138 Å². The first-order valence-electron chi connectivity index (χ1n) is 42.1. The van der Waals surface area contributed by atoms with Gasteiger partial charge in [-0.3, -0.25) is 43.2 Å². The van der Waals surface area contributed by atoms with Crippen molar-refractivity contribution in [3.8, 4) is 17.0 Å². The maximum absolute atomic E-state index is 13.2. The van der Waals surface area contributed by atoms with Crippen LogP contribution in [-0.2, 0) is 126 Å². The zero-order valence-corrected chi connectivity index (χ0v) is 77.2. The van der Waals surface area contributed by atoms with Crippen molar-refractivity contribution in [1.82, 2.24) is 36.3 Å². The van der Waals surface area contributed by atoms with E-state index in [0.717, 1.165) is 5.56 Å². The number of amides is 4. The number of carbonyl (C=O) groups excluding carboxylic acids is 10. The van der Waals surface area contributed by atoms with Gasteiger partial charge in [-0.05, 0) is 143 Å². The molecule has 25 atom stereocenters. The van der Waals surface area contributed by atoms with Gasteiger partial charge in [-0.25, -0.2) is 4.68 Å². The van der Waals surface area contributed by atoms with Crippen molar-refractivity contribution >= 4 is 59.3 Å². The predicted molar refractivity (Wildman–Crippen MR) is 441 cm³/mol. The number of benzene rings is 1. The molecule has 1 aromatic heterocycles. The second-order valence-corrected chi connectivity index (χ2v) is 34.2. The van der Waals surface area contributed by atoms with Gasteiger partial charge >= 0.3 is 35.8 Å². The number of ether oxygens (including phenoxy) is 16. The molecule has 1 aromatic carbocycles. The molecule has 2 aromatic rings. The summed E-state index contributed by atoms with van der Waals surface area (Å²) in [6.07, 6.45) is -5.65. The van der Waals surface area contributed by atoms with Gasteiger partial charge in [0.05, 0.1) is 98.5 Å². The Morgan fingerprint density at radius 3 is 1.16 bits per heavy atom. The molecule has 0 aliphatic carbocycles. The molecule has 5 N–H and O–H groups in total. The van der Waals surface area contributed by atoms with Gasteiger partial charge in [-0.1, -0.05) is 79.7 Å². The predicted octanol–water partition coefficient (Wildman–Crippen LogP) is 9.31. The Morgan fingerprint density at radius 2 is 0.852 bits per heavy atom. The summed E-state index contributed by atoms with van der Waals surface area (Å²) in [7, 11) is 1.59. The van der Waals surface area contributed by atoms with E-state index >= 15 is 0 Å². The van der Waals surface area contributed by atoms with Crippen LogP contribution >= 0.6 is 0 Å².